The average Bonchev–Trinajstić information content (AvgIpc) is 1.30. The van der Waals surface area contributed by atoms with Gasteiger partial charge in [-0.15, -0.1) is 6.58 Å². The van der Waals surface area contributed by atoms with E-state index in [4.69, 9.17) is 4.55 Å². The van der Waals surface area contributed by atoms with Gasteiger partial charge in [0.15, 0.2) is 0 Å². The van der Waals surface area contributed by atoms with Crippen molar-refractivity contribution >= 4 is 10.1 Å². The van der Waals surface area contributed by atoms with E-state index in [1.165, 1.54) is 0 Å². The summed E-state index contributed by atoms with van der Waals surface area (Å²) in [6, 6.07) is 0. The van der Waals surface area contributed by atoms with E-state index in [-0.39, 0.29) is 28.1 Å². The smallest absolute Gasteiger partial charge is 0.268 e. The molecule has 8 heavy (non-hydrogen) atoms. The van der Waals surface area contributed by atoms with E-state index >= 15 is 0 Å². The Morgan fingerprint density at radius 2 is 2.00 bits per heavy atom. The largest absolute Gasteiger partial charge is 0.285 e. The van der Waals surface area contributed by atoms with Gasteiger partial charge in [-0.3, -0.25) is 4.55 Å². The Morgan fingerprint density at radius 3 is 2.00 bits per heavy atom. The van der Waals surface area contributed by atoms with Gasteiger partial charge in [-0.25, -0.2) is 0 Å². The topological polar surface area (TPSA) is 54.4 Å². The van der Waals surface area contributed by atoms with Crippen molar-refractivity contribution in [3.05, 3.63) is 12.7 Å². The molecule has 1 radical (unpaired) electrons. The monoisotopic (exact) mass is 229 g/mol. The van der Waals surface area contributed by atoms with Crippen molar-refractivity contribution in [2.45, 2.75) is 0 Å². The first-order valence-corrected chi connectivity index (χ1v) is 3.23. The first-order valence-electron chi connectivity index (χ1n) is 1.62. The van der Waals surface area contributed by atoms with E-state index in [1.54, 1.807) is 0 Å². The zero-order chi connectivity index (χ0) is 5.91. The predicted octanol–water partition coefficient (Wildman–Crippen LogP) is 0.0577. The molecule has 0 unspecified atom stereocenters. The van der Waals surface area contributed by atoms with E-state index in [9.17, 15) is 8.42 Å². The molecular weight excluding hydrogens is 224 g/mol. The maximum Gasteiger partial charge on any atom is 0.268 e. The minimum atomic E-state index is -3.79. The summed E-state index contributed by atoms with van der Waals surface area (Å²) in [5, 5.41) is 0. The van der Waals surface area contributed by atoms with Crippen molar-refractivity contribution in [1.29, 1.82) is 0 Å². The predicted molar refractivity (Wildman–Crippen MR) is 26.6 cm³/mol. The second-order valence-corrected chi connectivity index (χ2v) is 2.53. The van der Waals surface area contributed by atoms with Crippen molar-refractivity contribution in [3.63, 3.8) is 0 Å². The molecule has 0 aliphatic carbocycles. The summed E-state index contributed by atoms with van der Waals surface area (Å²) in [4.78, 5) is 0. The standard InChI is InChI=1S/C3H6O3S.Ag/c1-2-3-7(4,5)6;/h2H,1,3H2,(H,4,5,6);. The molecule has 0 spiro atoms. The van der Waals surface area contributed by atoms with Crippen LogP contribution in [0.2, 0.25) is 0 Å². The first-order chi connectivity index (χ1) is 3.06. The fourth-order valence-corrected chi connectivity index (χ4v) is 0.447. The molecule has 0 aromatic rings. The van der Waals surface area contributed by atoms with E-state index in [2.05, 4.69) is 6.58 Å². The SMILES string of the molecule is C=CCS(=O)(=O)O.[Ag]. The van der Waals surface area contributed by atoms with Gasteiger partial charge >= 0.3 is 0 Å². The van der Waals surface area contributed by atoms with Gasteiger partial charge in [0.2, 0.25) is 0 Å². The molecule has 0 saturated heterocycles. The van der Waals surface area contributed by atoms with Gasteiger partial charge < -0.3 is 0 Å². The van der Waals surface area contributed by atoms with Gasteiger partial charge in [0.25, 0.3) is 10.1 Å². The van der Waals surface area contributed by atoms with Crippen LogP contribution in [0.5, 0.6) is 0 Å². The van der Waals surface area contributed by atoms with Gasteiger partial charge in [-0.1, -0.05) is 6.08 Å². The molecule has 3 nitrogen and oxygen atoms in total. The molecule has 0 aliphatic rings. The molecular formula is C3H6AgO3S. The molecule has 53 valence electrons. The molecule has 0 saturated carbocycles. The second-order valence-electron chi connectivity index (χ2n) is 1.04. The van der Waals surface area contributed by atoms with Crippen LogP contribution < -0.4 is 0 Å². The van der Waals surface area contributed by atoms with Crippen LogP contribution in [0.15, 0.2) is 12.7 Å². The number of hydrogen-bond acceptors (Lipinski definition) is 2. The molecule has 5 heteroatoms. The Kier molecular flexibility index (Phi) is 6.01. The Balaban J connectivity index is 0. The van der Waals surface area contributed by atoms with Crippen LogP contribution in [0, 0.1) is 0 Å². The van der Waals surface area contributed by atoms with Gasteiger partial charge in [0.1, 0.15) is 0 Å². The molecule has 0 amide bonds. The van der Waals surface area contributed by atoms with Crippen LogP contribution in [0.25, 0.3) is 0 Å². The normalized spacial score (nSPS) is 9.62. The Morgan fingerprint density at radius 1 is 1.62 bits per heavy atom. The van der Waals surface area contributed by atoms with Crippen LogP contribution in [0.3, 0.4) is 0 Å². The van der Waals surface area contributed by atoms with E-state index in [0.717, 1.165) is 6.08 Å². The van der Waals surface area contributed by atoms with Gasteiger partial charge in [0, 0.05) is 22.4 Å². The summed E-state index contributed by atoms with van der Waals surface area (Å²) in [7, 11) is -3.79. The number of hydrogen-bond donors (Lipinski definition) is 1. The molecule has 0 bridgehead atoms. The second kappa shape index (κ2) is 4.29. The minimum Gasteiger partial charge on any atom is -0.285 e. The molecule has 0 rings (SSSR count). The molecule has 0 aliphatic heterocycles. The fourth-order valence-electron chi connectivity index (χ4n) is 0.149. The summed E-state index contributed by atoms with van der Waals surface area (Å²) >= 11 is 0. The van der Waals surface area contributed by atoms with Crippen LogP contribution in [0.1, 0.15) is 0 Å². The third-order valence-electron chi connectivity index (χ3n) is 0.328. The first kappa shape index (κ1) is 11.2. The van der Waals surface area contributed by atoms with Crippen molar-refractivity contribution < 1.29 is 35.4 Å². The van der Waals surface area contributed by atoms with Crippen LogP contribution >= 0.6 is 0 Å². The molecule has 0 atom stereocenters. The molecule has 0 heterocycles. The molecule has 1 N–H and O–H groups in total. The summed E-state index contributed by atoms with van der Waals surface area (Å²) in [6.45, 7) is 3.11. The van der Waals surface area contributed by atoms with Crippen molar-refractivity contribution in [2.75, 3.05) is 5.75 Å². The quantitative estimate of drug-likeness (QED) is 0.414. The number of rotatable bonds is 2. The van der Waals surface area contributed by atoms with Crippen molar-refractivity contribution in [3.8, 4) is 0 Å². The third-order valence-corrected chi connectivity index (χ3v) is 0.985. The van der Waals surface area contributed by atoms with Crippen LogP contribution in [-0.2, 0) is 32.5 Å². The molecule has 0 aromatic carbocycles. The van der Waals surface area contributed by atoms with E-state index in [1.807, 2.05) is 0 Å². The van der Waals surface area contributed by atoms with Crippen molar-refractivity contribution in [1.82, 2.24) is 0 Å². The fraction of sp³-hybridized carbons (Fsp3) is 0.333. The maximum absolute atomic E-state index is 9.72. The zero-order valence-corrected chi connectivity index (χ0v) is 6.26. The minimum absolute atomic E-state index is 0. The summed E-state index contributed by atoms with van der Waals surface area (Å²) in [5.41, 5.74) is 0. The summed E-state index contributed by atoms with van der Waals surface area (Å²) in [5.74, 6) is -0.368. The van der Waals surface area contributed by atoms with Crippen molar-refractivity contribution in [2.24, 2.45) is 0 Å². The van der Waals surface area contributed by atoms with Gasteiger partial charge in [-0.05, 0) is 0 Å². The van der Waals surface area contributed by atoms with Gasteiger partial charge in [-0.2, -0.15) is 8.42 Å². The molecule has 0 fully saturated rings. The summed E-state index contributed by atoms with van der Waals surface area (Å²) < 4.78 is 27.3. The Bertz CT molecular complexity index is 148. The zero-order valence-electron chi connectivity index (χ0n) is 3.97. The third kappa shape index (κ3) is 9.63. The van der Waals surface area contributed by atoms with Crippen LogP contribution in [-0.4, -0.2) is 18.7 Å². The Labute approximate surface area is 64.0 Å². The van der Waals surface area contributed by atoms with Crippen LogP contribution in [0.4, 0.5) is 0 Å². The van der Waals surface area contributed by atoms with E-state index < -0.39 is 10.1 Å². The Hall–Kier alpha value is 0.390. The van der Waals surface area contributed by atoms with E-state index in [0.29, 0.717) is 0 Å². The van der Waals surface area contributed by atoms with Gasteiger partial charge in [0.05, 0.1) is 5.75 Å². The maximum atomic E-state index is 9.72. The molecule has 0 aromatic heterocycles. The average molecular weight is 230 g/mol. The summed E-state index contributed by atoms with van der Waals surface area (Å²) in [6.07, 6.45) is 1.12.